The molecule has 3 rings (SSSR count). The van der Waals surface area contributed by atoms with Gasteiger partial charge in [0.25, 0.3) is 0 Å². The van der Waals surface area contributed by atoms with Crippen LogP contribution in [0.3, 0.4) is 0 Å². The zero-order chi connectivity index (χ0) is 15.5. The van der Waals surface area contributed by atoms with E-state index in [0.29, 0.717) is 0 Å². The zero-order valence-electron chi connectivity index (χ0n) is 13.3. The number of methoxy groups -OCH3 is 1. The van der Waals surface area contributed by atoms with Crippen molar-refractivity contribution in [3.05, 3.63) is 77.9 Å². The van der Waals surface area contributed by atoms with Gasteiger partial charge in [0, 0.05) is 5.56 Å². The number of para-hydroxylation sites is 1. The van der Waals surface area contributed by atoms with E-state index in [2.05, 4.69) is 62.4 Å². The fraction of sp³-hybridized carbons (Fsp3) is 0.143. The average Bonchev–Trinajstić information content (AvgIpc) is 2.54. The second-order valence-electron chi connectivity index (χ2n) is 5.66. The van der Waals surface area contributed by atoms with Crippen LogP contribution in [0.4, 0.5) is 0 Å². The summed E-state index contributed by atoms with van der Waals surface area (Å²) in [7, 11) is 1.71. The number of rotatable bonds is 3. The van der Waals surface area contributed by atoms with Crippen molar-refractivity contribution in [2.45, 2.75) is 13.8 Å². The van der Waals surface area contributed by atoms with Crippen molar-refractivity contribution in [2.24, 2.45) is 0 Å². The Labute approximate surface area is 132 Å². The Morgan fingerprint density at radius 3 is 2.05 bits per heavy atom. The first-order valence-corrected chi connectivity index (χ1v) is 7.49. The molecule has 0 heterocycles. The molecule has 0 radical (unpaired) electrons. The summed E-state index contributed by atoms with van der Waals surface area (Å²) in [4.78, 5) is 0. The maximum absolute atomic E-state index is 5.48. The molecule has 0 fully saturated rings. The first kappa shape index (κ1) is 14.4. The van der Waals surface area contributed by atoms with Crippen LogP contribution in [0.5, 0.6) is 5.75 Å². The van der Waals surface area contributed by atoms with E-state index in [0.717, 1.165) is 11.3 Å². The highest BCUT2D eigenvalue weighted by Gasteiger charge is 2.07. The highest BCUT2D eigenvalue weighted by Crippen LogP contribution is 2.32. The predicted molar refractivity (Wildman–Crippen MR) is 93.3 cm³/mol. The highest BCUT2D eigenvalue weighted by molar-refractivity contribution is 5.76. The Bertz CT molecular complexity index is 782. The van der Waals surface area contributed by atoms with Crippen molar-refractivity contribution in [3.63, 3.8) is 0 Å². The summed E-state index contributed by atoms with van der Waals surface area (Å²) < 4.78 is 5.48. The molecule has 0 aromatic heterocycles. The molecular weight excluding hydrogens is 268 g/mol. The summed E-state index contributed by atoms with van der Waals surface area (Å²) in [5.41, 5.74) is 7.37. The van der Waals surface area contributed by atoms with Gasteiger partial charge in [0.15, 0.2) is 0 Å². The van der Waals surface area contributed by atoms with Gasteiger partial charge < -0.3 is 4.74 Å². The van der Waals surface area contributed by atoms with Gasteiger partial charge in [0.1, 0.15) is 5.75 Å². The molecule has 0 N–H and O–H groups in total. The SMILES string of the molecule is COc1ccccc1-c1cccc(-c2cc(C)cc(C)c2)c1. The average molecular weight is 288 g/mol. The molecule has 0 aliphatic rings. The summed E-state index contributed by atoms with van der Waals surface area (Å²) in [6.45, 7) is 4.28. The predicted octanol–water partition coefficient (Wildman–Crippen LogP) is 5.65. The molecule has 0 spiro atoms. The van der Waals surface area contributed by atoms with Gasteiger partial charge in [0.2, 0.25) is 0 Å². The first-order chi connectivity index (χ1) is 10.7. The minimum absolute atomic E-state index is 0.903. The van der Waals surface area contributed by atoms with Crippen molar-refractivity contribution < 1.29 is 4.74 Å². The van der Waals surface area contributed by atoms with Crippen molar-refractivity contribution >= 4 is 0 Å². The number of hydrogen-bond acceptors (Lipinski definition) is 1. The van der Waals surface area contributed by atoms with Crippen molar-refractivity contribution in [3.8, 4) is 28.0 Å². The molecule has 1 heteroatoms. The molecular formula is C21H20O. The molecule has 0 amide bonds. The zero-order valence-corrected chi connectivity index (χ0v) is 13.3. The summed E-state index contributed by atoms with van der Waals surface area (Å²) in [5, 5.41) is 0. The summed E-state index contributed by atoms with van der Waals surface area (Å²) in [5.74, 6) is 0.903. The third-order valence-corrected chi connectivity index (χ3v) is 3.84. The fourth-order valence-corrected chi connectivity index (χ4v) is 2.89. The van der Waals surface area contributed by atoms with Crippen LogP contribution in [-0.2, 0) is 0 Å². The second-order valence-corrected chi connectivity index (χ2v) is 5.66. The lowest BCUT2D eigenvalue weighted by molar-refractivity contribution is 0.416. The standard InChI is InChI=1S/C21H20O/c1-15-11-16(2)13-19(12-15)17-7-6-8-18(14-17)20-9-4-5-10-21(20)22-3/h4-14H,1-3H3. The van der Waals surface area contributed by atoms with Gasteiger partial charge in [-0.05, 0) is 42.7 Å². The van der Waals surface area contributed by atoms with Gasteiger partial charge in [0.05, 0.1) is 7.11 Å². The topological polar surface area (TPSA) is 9.23 Å². The van der Waals surface area contributed by atoms with E-state index in [9.17, 15) is 0 Å². The Kier molecular flexibility index (Phi) is 3.97. The lowest BCUT2D eigenvalue weighted by Crippen LogP contribution is -1.88. The van der Waals surface area contributed by atoms with Crippen LogP contribution in [0.25, 0.3) is 22.3 Å². The van der Waals surface area contributed by atoms with E-state index >= 15 is 0 Å². The van der Waals surface area contributed by atoms with E-state index in [-0.39, 0.29) is 0 Å². The fourth-order valence-electron chi connectivity index (χ4n) is 2.89. The van der Waals surface area contributed by atoms with Gasteiger partial charge in [-0.1, -0.05) is 65.7 Å². The minimum Gasteiger partial charge on any atom is -0.496 e. The highest BCUT2D eigenvalue weighted by atomic mass is 16.5. The van der Waals surface area contributed by atoms with E-state index in [1.807, 2.05) is 18.2 Å². The second kappa shape index (κ2) is 6.07. The quantitative estimate of drug-likeness (QED) is 0.605. The lowest BCUT2D eigenvalue weighted by atomic mass is 9.96. The molecule has 22 heavy (non-hydrogen) atoms. The van der Waals surface area contributed by atoms with Crippen LogP contribution in [0.15, 0.2) is 66.7 Å². The Morgan fingerprint density at radius 2 is 1.32 bits per heavy atom. The maximum atomic E-state index is 5.48. The summed E-state index contributed by atoms with van der Waals surface area (Å²) in [6.07, 6.45) is 0. The molecule has 0 saturated heterocycles. The Hall–Kier alpha value is -2.54. The minimum atomic E-state index is 0.903. The number of ether oxygens (including phenoxy) is 1. The van der Waals surface area contributed by atoms with Gasteiger partial charge in [-0.25, -0.2) is 0 Å². The molecule has 3 aromatic rings. The van der Waals surface area contributed by atoms with Crippen LogP contribution in [0.2, 0.25) is 0 Å². The molecule has 0 unspecified atom stereocenters. The summed E-state index contributed by atoms with van der Waals surface area (Å²) in [6, 6.07) is 23.4. The van der Waals surface area contributed by atoms with Crippen LogP contribution in [0.1, 0.15) is 11.1 Å². The molecule has 3 aromatic carbocycles. The molecule has 0 atom stereocenters. The van der Waals surface area contributed by atoms with Gasteiger partial charge in [-0.3, -0.25) is 0 Å². The van der Waals surface area contributed by atoms with Crippen LogP contribution in [-0.4, -0.2) is 7.11 Å². The van der Waals surface area contributed by atoms with Gasteiger partial charge in [-0.15, -0.1) is 0 Å². The van der Waals surface area contributed by atoms with E-state index in [4.69, 9.17) is 4.74 Å². The third-order valence-electron chi connectivity index (χ3n) is 3.84. The van der Waals surface area contributed by atoms with Gasteiger partial charge in [-0.2, -0.15) is 0 Å². The van der Waals surface area contributed by atoms with Gasteiger partial charge >= 0.3 is 0 Å². The third kappa shape index (κ3) is 2.89. The maximum Gasteiger partial charge on any atom is 0.126 e. The Balaban J connectivity index is 2.10. The monoisotopic (exact) mass is 288 g/mol. The van der Waals surface area contributed by atoms with Crippen molar-refractivity contribution in [1.29, 1.82) is 0 Å². The van der Waals surface area contributed by atoms with E-state index in [1.165, 1.54) is 27.8 Å². The van der Waals surface area contributed by atoms with Crippen molar-refractivity contribution in [2.75, 3.05) is 7.11 Å². The molecule has 0 bridgehead atoms. The molecule has 110 valence electrons. The number of aryl methyl sites for hydroxylation is 2. The normalized spacial score (nSPS) is 10.5. The number of hydrogen-bond donors (Lipinski definition) is 0. The van der Waals surface area contributed by atoms with E-state index < -0.39 is 0 Å². The smallest absolute Gasteiger partial charge is 0.126 e. The van der Waals surface area contributed by atoms with Crippen LogP contribution < -0.4 is 4.74 Å². The first-order valence-electron chi connectivity index (χ1n) is 7.49. The lowest BCUT2D eigenvalue weighted by Gasteiger charge is -2.11. The van der Waals surface area contributed by atoms with Crippen LogP contribution in [0, 0.1) is 13.8 Å². The molecule has 0 saturated carbocycles. The van der Waals surface area contributed by atoms with Crippen molar-refractivity contribution in [1.82, 2.24) is 0 Å². The molecule has 1 nitrogen and oxygen atoms in total. The van der Waals surface area contributed by atoms with Crippen LogP contribution >= 0.6 is 0 Å². The molecule has 0 aliphatic heterocycles. The number of benzene rings is 3. The molecule has 0 aliphatic carbocycles. The summed E-state index contributed by atoms with van der Waals surface area (Å²) >= 11 is 0. The largest absolute Gasteiger partial charge is 0.496 e. The Morgan fingerprint density at radius 1 is 0.636 bits per heavy atom. The van der Waals surface area contributed by atoms with E-state index in [1.54, 1.807) is 7.11 Å².